The van der Waals surface area contributed by atoms with Crippen molar-refractivity contribution < 1.29 is 19.8 Å². The van der Waals surface area contributed by atoms with Crippen LogP contribution in [0.1, 0.15) is 110 Å². The quantitative estimate of drug-likeness (QED) is 0.0749. The SMILES string of the molecule is CCCCCCCCCCCCCCCCCCN(CC(=O)O)CC(=O)O.c1cc2ccc3cccc4ccc(c1)c2c34. The molecule has 0 saturated heterocycles. The fraction of sp³-hybridized carbons (Fsp3) is 0.526. The van der Waals surface area contributed by atoms with Crippen LogP contribution in [0.5, 0.6) is 0 Å². The van der Waals surface area contributed by atoms with Crippen LogP contribution in [-0.2, 0) is 9.59 Å². The number of aliphatic carboxylic acids is 2. The molecule has 0 bridgehead atoms. The van der Waals surface area contributed by atoms with E-state index in [-0.39, 0.29) is 13.1 Å². The van der Waals surface area contributed by atoms with Gasteiger partial charge in [-0.2, -0.15) is 0 Å². The molecule has 0 heterocycles. The molecular formula is C38H53NO4. The fourth-order valence-electron chi connectivity index (χ4n) is 6.15. The van der Waals surface area contributed by atoms with E-state index in [9.17, 15) is 9.59 Å². The van der Waals surface area contributed by atoms with E-state index < -0.39 is 11.9 Å². The third-order valence-corrected chi connectivity index (χ3v) is 8.44. The van der Waals surface area contributed by atoms with Crippen molar-refractivity contribution in [2.24, 2.45) is 0 Å². The summed E-state index contributed by atoms with van der Waals surface area (Å²) in [6.45, 7) is 2.44. The summed E-state index contributed by atoms with van der Waals surface area (Å²) < 4.78 is 0. The summed E-state index contributed by atoms with van der Waals surface area (Å²) in [7, 11) is 0. The highest BCUT2D eigenvalue weighted by atomic mass is 16.4. The van der Waals surface area contributed by atoms with E-state index in [1.54, 1.807) is 0 Å². The topological polar surface area (TPSA) is 77.8 Å². The molecule has 0 amide bonds. The lowest BCUT2D eigenvalue weighted by Crippen LogP contribution is -2.35. The Morgan fingerprint density at radius 3 is 1.09 bits per heavy atom. The summed E-state index contributed by atoms with van der Waals surface area (Å²) in [5.41, 5.74) is 0. The van der Waals surface area contributed by atoms with E-state index in [0.29, 0.717) is 6.54 Å². The van der Waals surface area contributed by atoms with Crippen LogP contribution in [0, 0.1) is 0 Å². The predicted molar refractivity (Wildman–Crippen MR) is 181 cm³/mol. The van der Waals surface area contributed by atoms with Crippen molar-refractivity contribution in [3.63, 3.8) is 0 Å². The van der Waals surface area contributed by atoms with Crippen LogP contribution in [0.2, 0.25) is 0 Å². The Morgan fingerprint density at radius 1 is 0.488 bits per heavy atom. The van der Waals surface area contributed by atoms with Crippen molar-refractivity contribution in [2.75, 3.05) is 19.6 Å². The Balaban J connectivity index is 0.000000262. The predicted octanol–water partition coefficient (Wildman–Crippen LogP) is 10.3. The molecule has 0 saturated carbocycles. The summed E-state index contributed by atoms with van der Waals surface area (Å²) in [6, 6.07) is 21.9. The van der Waals surface area contributed by atoms with Gasteiger partial charge in [-0.25, -0.2) is 0 Å². The smallest absolute Gasteiger partial charge is 0.317 e. The van der Waals surface area contributed by atoms with Crippen molar-refractivity contribution in [1.82, 2.24) is 4.90 Å². The molecule has 43 heavy (non-hydrogen) atoms. The molecule has 4 aromatic carbocycles. The van der Waals surface area contributed by atoms with Crippen molar-refractivity contribution >= 4 is 44.3 Å². The number of hydrogen-bond donors (Lipinski definition) is 2. The molecule has 0 radical (unpaired) electrons. The lowest BCUT2D eigenvalue weighted by molar-refractivity contribution is -0.141. The van der Waals surface area contributed by atoms with Gasteiger partial charge in [0.05, 0.1) is 13.1 Å². The summed E-state index contributed by atoms with van der Waals surface area (Å²) in [4.78, 5) is 23.0. The molecule has 0 atom stereocenters. The van der Waals surface area contributed by atoms with Gasteiger partial charge >= 0.3 is 11.9 Å². The molecule has 0 fully saturated rings. The molecule has 0 aliphatic rings. The van der Waals surface area contributed by atoms with Gasteiger partial charge in [0.15, 0.2) is 0 Å². The first-order valence-electron chi connectivity index (χ1n) is 16.8. The molecule has 0 aliphatic carbocycles. The standard InChI is InChI=1S/C22H43NO4.C16H10/c1-2-3-4-5-6-7-8-9-10-11-12-13-14-15-16-17-18-23(19-21(24)25)20-22(26)27;1-3-11-7-9-13-5-2-6-14-10-8-12(4-1)15(11)16(13)14/h2-20H2,1H3,(H,24,25)(H,26,27);1-10H. The van der Waals surface area contributed by atoms with Gasteiger partial charge in [0.1, 0.15) is 0 Å². The molecular weight excluding hydrogens is 534 g/mol. The molecule has 0 spiro atoms. The van der Waals surface area contributed by atoms with Gasteiger partial charge in [0, 0.05) is 0 Å². The Labute approximate surface area is 258 Å². The van der Waals surface area contributed by atoms with Crippen LogP contribution in [0.15, 0.2) is 60.7 Å². The van der Waals surface area contributed by atoms with E-state index >= 15 is 0 Å². The first-order valence-corrected chi connectivity index (χ1v) is 16.8. The second kappa shape index (κ2) is 19.9. The van der Waals surface area contributed by atoms with E-state index in [4.69, 9.17) is 10.2 Å². The largest absolute Gasteiger partial charge is 0.480 e. The molecule has 4 aromatic rings. The van der Waals surface area contributed by atoms with Crippen LogP contribution in [-0.4, -0.2) is 46.7 Å². The van der Waals surface area contributed by atoms with Gasteiger partial charge in [-0.3, -0.25) is 14.5 Å². The molecule has 0 unspecified atom stereocenters. The fourth-order valence-corrected chi connectivity index (χ4v) is 6.15. The second-order valence-electron chi connectivity index (χ2n) is 12.1. The highest BCUT2D eigenvalue weighted by Crippen LogP contribution is 2.33. The minimum absolute atomic E-state index is 0.189. The zero-order chi connectivity index (χ0) is 30.7. The monoisotopic (exact) mass is 587 g/mol. The average Bonchev–Trinajstić information content (AvgIpc) is 2.99. The zero-order valence-electron chi connectivity index (χ0n) is 26.4. The van der Waals surface area contributed by atoms with Crippen LogP contribution in [0.3, 0.4) is 0 Å². The number of unbranched alkanes of at least 4 members (excludes halogenated alkanes) is 15. The number of carboxylic acid groups (broad SMARTS) is 2. The van der Waals surface area contributed by atoms with Gasteiger partial charge in [-0.15, -0.1) is 0 Å². The maximum absolute atomic E-state index is 10.7. The highest BCUT2D eigenvalue weighted by molar-refractivity contribution is 6.22. The van der Waals surface area contributed by atoms with Gasteiger partial charge < -0.3 is 10.2 Å². The minimum Gasteiger partial charge on any atom is -0.480 e. The van der Waals surface area contributed by atoms with Crippen LogP contribution >= 0.6 is 0 Å². The lowest BCUT2D eigenvalue weighted by atomic mass is 9.95. The summed E-state index contributed by atoms with van der Waals surface area (Å²) in [6.07, 6.45) is 20.8. The lowest BCUT2D eigenvalue weighted by Gasteiger charge is -2.17. The van der Waals surface area contributed by atoms with Crippen molar-refractivity contribution in [3.05, 3.63) is 60.7 Å². The number of carbonyl (C=O) groups is 2. The number of nitrogens with zero attached hydrogens (tertiary/aromatic N) is 1. The first kappa shape index (κ1) is 34.3. The zero-order valence-corrected chi connectivity index (χ0v) is 26.4. The second-order valence-corrected chi connectivity index (χ2v) is 12.1. The van der Waals surface area contributed by atoms with Crippen molar-refractivity contribution in [2.45, 2.75) is 110 Å². The van der Waals surface area contributed by atoms with Gasteiger partial charge in [0.25, 0.3) is 0 Å². The number of benzene rings is 4. The van der Waals surface area contributed by atoms with Crippen molar-refractivity contribution in [1.29, 1.82) is 0 Å². The molecule has 2 N–H and O–H groups in total. The van der Waals surface area contributed by atoms with E-state index in [2.05, 4.69) is 67.6 Å². The molecule has 5 nitrogen and oxygen atoms in total. The third kappa shape index (κ3) is 12.5. The molecule has 5 heteroatoms. The normalized spacial score (nSPS) is 11.4. The molecule has 4 rings (SSSR count). The Morgan fingerprint density at radius 2 is 0.791 bits per heavy atom. The Hall–Kier alpha value is -3.18. The Bertz CT molecular complexity index is 1200. The van der Waals surface area contributed by atoms with Gasteiger partial charge in [-0.1, -0.05) is 164 Å². The molecule has 0 aliphatic heterocycles. The maximum atomic E-state index is 10.7. The maximum Gasteiger partial charge on any atom is 0.317 e. The molecule has 234 valence electrons. The van der Waals surface area contributed by atoms with E-state index in [0.717, 1.165) is 19.3 Å². The number of rotatable bonds is 21. The summed E-state index contributed by atoms with van der Waals surface area (Å²) in [5, 5.41) is 25.7. The van der Waals surface area contributed by atoms with Gasteiger partial charge in [0.2, 0.25) is 0 Å². The molecule has 0 aromatic heterocycles. The van der Waals surface area contributed by atoms with Crippen molar-refractivity contribution in [3.8, 4) is 0 Å². The third-order valence-electron chi connectivity index (χ3n) is 8.44. The van der Waals surface area contributed by atoms with Gasteiger partial charge in [-0.05, 0) is 45.3 Å². The first-order chi connectivity index (χ1) is 21.0. The number of carboxylic acids is 2. The summed E-state index contributed by atoms with van der Waals surface area (Å²) in [5.74, 6) is -1.93. The van der Waals surface area contributed by atoms with Crippen LogP contribution < -0.4 is 0 Å². The Kier molecular flexibility index (Phi) is 15.9. The highest BCUT2D eigenvalue weighted by Gasteiger charge is 2.12. The average molecular weight is 588 g/mol. The number of hydrogen-bond acceptors (Lipinski definition) is 3. The van der Waals surface area contributed by atoms with Crippen LogP contribution in [0.4, 0.5) is 0 Å². The summed E-state index contributed by atoms with van der Waals surface area (Å²) >= 11 is 0. The van der Waals surface area contributed by atoms with E-state index in [1.165, 1.54) is 121 Å². The minimum atomic E-state index is -0.965. The van der Waals surface area contributed by atoms with E-state index in [1.807, 2.05) is 0 Å². The van der Waals surface area contributed by atoms with Crippen LogP contribution in [0.25, 0.3) is 32.3 Å².